The Labute approximate surface area is 93.0 Å². The first-order chi connectivity index (χ1) is 7.05. The van der Waals surface area contributed by atoms with Crippen molar-refractivity contribution in [1.82, 2.24) is 0 Å². The Morgan fingerprint density at radius 2 is 1.87 bits per heavy atom. The summed E-state index contributed by atoms with van der Waals surface area (Å²) >= 11 is 5.66. The van der Waals surface area contributed by atoms with Gasteiger partial charge in [0.15, 0.2) is 9.84 Å². The van der Waals surface area contributed by atoms with Crippen LogP contribution in [0.4, 0.5) is 0 Å². The lowest BCUT2D eigenvalue weighted by Crippen LogP contribution is -2.09. The highest BCUT2D eigenvalue weighted by Gasteiger charge is 2.47. The van der Waals surface area contributed by atoms with E-state index in [1.54, 1.807) is 0 Å². The van der Waals surface area contributed by atoms with Gasteiger partial charge in [-0.2, -0.15) is 0 Å². The molecule has 80 valence electrons. The van der Waals surface area contributed by atoms with Crippen LogP contribution in [0.2, 0.25) is 5.02 Å². The monoisotopic (exact) mass is 244 g/mol. The van der Waals surface area contributed by atoms with Crippen molar-refractivity contribution in [1.29, 1.82) is 0 Å². The summed E-state index contributed by atoms with van der Waals surface area (Å²) in [7, 11) is -3.33. The second-order valence-corrected chi connectivity index (χ2v) is 6.18. The summed E-state index contributed by atoms with van der Waals surface area (Å²) in [4.78, 5) is 10.7. The minimum absolute atomic E-state index is 0.237. The van der Waals surface area contributed by atoms with E-state index in [2.05, 4.69) is 0 Å². The maximum Gasteiger partial charge on any atom is 0.181 e. The molecule has 1 aliphatic rings. The summed E-state index contributed by atoms with van der Waals surface area (Å²) in [5.74, 6) is -0.328. The first-order valence-corrected chi connectivity index (χ1v) is 6.43. The van der Waals surface area contributed by atoms with Crippen molar-refractivity contribution >= 4 is 27.7 Å². The Morgan fingerprint density at radius 3 is 2.33 bits per heavy atom. The van der Waals surface area contributed by atoms with E-state index in [1.807, 2.05) is 0 Å². The Hall–Kier alpha value is -0.870. The zero-order valence-electron chi connectivity index (χ0n) is 7.76. The van der Waals surface area contributed by atoms with Gasteiger partial charge in [0.05, 0.1) is 10.1 Å². The predicted molar refractivity (Wildman–Crippen MR) is 56.6 cm³/mol. The molecule has 1 fully saturated rings. The molecule has 1 aliphatic carbocycles. The molecule has 3 nitrogen and oxygen atoms in total. The van der Waals surface area contributed by atoms with Crippen molar-refractivity contribution in [2.75, 3.05) is 0 Å². The number of rotatable bonds is 3. The summed E-state index contributed by atoms with van der Waals surface area (Å²) in [5.41, 5.74) is 0. The number of aldehydes is 1. The van der Waals surface area contributed by atoms with E-state index < -0.39 is 15.1 Å². The van der Waals surface area contributed by atoms with Crippen LogP contribution in [-0.2, 0) is 14.6 Å². The molecular weight excluding hydrogens is 236 g/mol. The largest absolute Gasteiger partial charge is 0.303 e. The Morgan fingerprint density at radius 1 is 1.27 bits per heavy atom. The molecule has 0 bridgehead atoms. The molecule has 0 aliphatic heterocycles. The van der Waals surface area contributed by atoms with E-state index >= 15 is 0 Å². The van der Waals surface area contributed by atoms with Gasteiger partial charge in [-0.25, -0.2) is 8.42 Å². The molecule has 5 heteroatoms. The maximum absolute atomic E-state index is 11.9. The van der Waals surface area contributed by atoms with Gasteiger partial charge in [-0.05, 0) is 30.7 Å². The topological polar surface area (TPSA) is 51.2 Å². The molecule has 2 atom stereocenters. The number of sulfone groups is 1. The molecule has 0 N–H and O–H groups in total. The molecule has 15 heavy (non-hydrogen) atoms. The fourth-order valence-electron chi connectivity index (χ4n) is 1.49. The number of benzene rings is 1. The van der Waals surface area contributed by atoms with Crippen LogP contribution in [0.5, 0.6) is 0 Å². The molecular formula is C10H9ClO3S. The smallest absolute Gasteiger partial charge is 0.181 e. The Balaban J connectivity index is 2.31. The third kappa shape index (κ3) is 1.92. The van der Waals surface area contributed by atoms with Crippen molar-refractivity contribution in [2.45, 2.75) is 16.6 Å². The van der Waals surface area contributed by atoms with Gasteiger partial charge in [0.2, 0.25) is 0 Å². The zero-order valence-corrected chi connectivity index (χ0v) is 9.33. The van der Waals surface area contributed by atoms with Gasteiger partial charge in [0.25, 0.3) is 0 Å². The minimum atomic E-state index is -3.33. The van der Waals surface area contributed by atoms with Gasteiger partial charge >= 0.3 is 0 Å². The molecule has 0 heterocycles. The van der Waals surface area contributed by atoms with Gasteiger partial charge in [-0.15, -0.1) is 0 Å². The number of carbonyl (C=O) groups is 1. The van der Waals surface area contributed by atoms with Gasteiger partial charge in [0, 0.05) is 10.9 Å². The molecule has 0 radical (unpaired) electrons. The third-order valence-corrected chi connectivity index (χ3v) is 5.01. The fraction of sp³-hybridized carbons (Fsp3) is 0.300. The first-order valence-electron chi connectivity index (χ1n) is 4.50. The second kappa shape index (κ2) is 3.61. The van der Waals surface area contributed by atoms with Crippen molar-refractivity contribution in [3.63, 3.8) is 0 Å². The van der Waals surface area contributed by atoms with Crippen LogP contribution in [0.3, 0.4) is 0 Å². The van der Waals surface area contributed by atoms with E-state index in [1.165, 1.54) is 24.3 Å². The van der Waals surface area contributed by atoms with E-state index in [0.29, 0.717) is 17.7 Å². The lowest BCUT2D eigenvalue weighted by Gasteiger charge is -2.02. The Kier molecular flexibility index (Phi) is 2.56. The highest BCUT2D eigenvalue weighted by Crippen LogP contribution is 2.39. The Bertz CT molecular complexity index is 478. The molecule has 1 aromatic carbocycles. The highest BCUT2D eigenvalue weighted by molar-refractivity contribution is 7.92. The fourth-order valence-corrected chi connectivity index (χ4v) is 3.48. The summed E-state index contributed by atoms with van der Waals surface area (Å²) in [5, 5.41) is -0.0344. The lowest BCUT2D eigenvalue weighted by molar-refractivity contribution is -0.108. The van der Waals surface area contributed by atoms with Crippen molar-refractivity contribution < 1.29 is 13.2 Å². The van der Waals surface area contributed by atoms with E-state index in [4.69, 9.17) is 11.6 Å². The second-order valence-electron chi connectivity index (χ2n) is 3.57. The predicted octanol–water partition coefficient (Wildman–Crippen LogP) is 1.70. The SMILES string of the molecule is O=C[C@H]1C[C@@H]1S(=O)(=O)c1ccc(Cl)cc1. The summed E-state index contributed by atoms with van der Waals surface area (Å²) in [6.45, 7) is 0. The average Bonchev–Trinajstić information content (AvgIpc) is 2.98. The van der Waals surface area contributed by atoms with Crippen LogP contribution in [0.25, 0.3) is 0 Å². The molecule has 2 rings (SSSR count). The molecule has 0 unspecified atom stereocenters. The average molecular weight is 245 g/mol. The van der Waals surface area contributed by atoms with Crippen LogP contribution in [0, 0.1) is 5.92 Å². The molecule has 1 aromatic rings. The van der Waals surface area contributed by atoms with Crippen molar-refractivity contribution in [3.05, 3.63) is 29.3 Å². The number of hydrogen-bond acceptors (Lipinski definition) is 3. The normalized spacial score (nSPS) is 24.9. The molecule has 1 saturated carbocycles. The van der Waals surface area contributed by atoms with Crippen molar-refractivity contribution in [2.24, 2.45) is 5.92 Å². The minimum Gasteiger partial charge on any atom is -0.303 e. The van der Waals surface area contributed by atoms with E-state index in [9.17, 15) is 13.2 Å². The van der Waals surface area contributed by atoms with E-state index in [-0.39, 0.29) is 10.8 Å². The van der Waals surface area contributed by atoms with Crippen LogP contribution in [-0.4, -0.2) is 20.0 Å². The maximum atomic E-state index is 11.9. The van der Waals surface area contributed by atoms with Gasteiger partial charge in [-0.1, -0.05) is 11.6 Å². The summed E-state index contributed by atoms with van der Waals surface area (Å²) < 4.78 is 23.7. The number of carbonyl (C=O) groups excluding carboxylic acids is 1. The van der Waals surface area contributed by atoms with Crippen LogP contribution in [0.15, 0.2) is 29.2 Å². The molecule has 0 aromatic heterocycles. The number of halogens is 1. The van der Waals surface area contributed by atoms with Crippen LogP contribution < -0.4 is 0 Å². The highest BCUT2D eigenvalue weighted by atomic mass is 35.5. The van der Waals surface area contributed by atoms with Crippen molar-refractivity contribution in [3.8, 4) is 0 Å². The molecule has 0 amide bonds. The standard InChI is InChI=1S/C10H9ClO3S/c11-8-1-3-9(4-2-8)15(13,14)10-5-7(10)6-12/h1-4,6-7,10H,5H2/t7-,10+/m1/s1. The summed E-state index contributed by atoms with van der Waals surface area (Å²) in [6, 6.07) is 6.01. The zero-order chi connectivity index (χ0) is 11.1. The number of hydrogen-bond donors (Lipinski definition) is 0. The summed E-state index contributed by atoms with van der Waals surface area (Å²) in [6.07, 6.45) is 1.15. The van der Waals surface area contributed by atoms with Gasteiger partial charge in [0.1, 0.15) is 6.29 Å². The quantitative estimate of drug-likeness (QED) is 0.761. The van der Waals surface area contributed by atoms with Gasteiger partial charge in [-0.3, -0.25) is 0 Å². The first kappa shape index (κ1) is 10.6. The lowest BCUT2D eigenvalue weighted by atomic mass is 10.4. The van der Waals surface area contributed by atoms with Crippen LogP contribution >= 0.6 is 11.6 Å². The molecule has 0 saturated heterocycles. The molecule has 0 spiro atoms. The van der Waals surface area contributed by atoms with Crippen LogP contribution in [0.1, 0.15) is 6.42 Å². The van der Waals surface area contributed by atoms with Gasteiger partial charge < -0.3 is 4.79 Å². The van der Waals surface area contributed by atoms with E-state index in [0.717, 1.165) is 0 Å². The third-order valence-electron chi connectivity index (χ3n) is 2.49.